The van der Waals surface area contributed by atoms with Gasteiger partial charge in [0.05, 0.1) is 4.92 Å². The Balaban J connectivity index is 2.23. The van der Waals surface area contributed by atoms with Crippen LogP contribution in [0.15, 0.2) is 29.8 Å². The van der Waals surface area contributed by atoms with Gasteiger partial charge in [-0.1, -0.05) is 18.5 Å². The number of rotatable bonds is 7. The molecular formula is C16H17ClN4O4S. The Kier molecular flexibility index (Phi) is 6.64. The molecule has 0 radical (unpaired) electrons. The molecule has 0 saturated carbocycles. The number of nitrogens with one attached hydrogen (secondary N) is 1. The first-order valence-electron chi connectivity index (χ1n) is 7.77. The molecule has 1 atom stereocenters. The fraction of sp³-hybridized carbons (Fsp3) is 0.312. The van der Waals surface area contributed by atoms with Crippen LogP contribution in [0.4, 0.5) is 10.8 Å². The zero-order chi connectivity index (χ0) is 19.3. The summed E-state index contributed by atoms with van der Waals surface area (Å²) in [6.07, 6.45) is 2.18. The molecule has 1 aromatic carbocycles. The van der Waals surface area contributed by atoms with Crippen molar-refractivity contribution in [1.29, 1.82) is 0 Å². The molecule has 0 bridgehead atoms. The Morgan fingerprint density at radius 2 is 2.19 bits per heavy atom. The molecule has 1 aromatic heterocycles. The number of anilines is 1. The van der Waals surface area contributed by atoms with Crippen molar-refractivity contribution >= 4 is 45.6 Å². The minimum absolute atomic E-state index is 0.0526. The number of thiazole rings is 1. The number of halogens is 1. The number of carbonyl (C=O) groups excluding carboxylic acids is 2. The van der Waals surface area contributed by atoms with Gasteiger partial charge in [-0.25, -0.2) is 4.98 Å². The fourth-order valence-electron chi connectivity index (χ4n) is 2.20. The third-order valence-corrected chi connectivity index (χ3v) is 4.77. The van der Waals surface area contributed by atoms with Crippen LogP contribution >= 0.6 is 22.9 Å². The van der Waals surface area contributed by atoms with E-state index in [0.29, 0.717) is 11.6 Å². The average Bonchev–Trinajstić information content (AvgIpc) is 3.11. The molecule has 1 heterocycles. The predicted octanol–water partition coefficient (Wildman–Crippen LogP) is 3.58. The number of carbonyl (C=O) groups is 2. The molecule has 10 heteroatoms. The Labute approximate surface area is 158 Å². The maximum atomic E-state index is 12.8. The van der Waals surface area contributed by atoms with Crippen LogP contribution in [0, 0.1) is 10.1 Å². The maximum absolute atomic E-state index is 12.8. The second-order valence-corrected chi connectivity index (χ2v) is 6.80. The summed E-state index contributed by atoms with van der Waals surface area (Å²) < 4.78 is 0. The second kappa shape index (κ2) is 8.72. The number of aromatic nitrogens is 1. The Morgan fingerprint density at radius 3 is 2.77 bits per heavy atom. The summed E-state index contributed by atoms with van der Waals surface area (Å²) in [5, 5.41) is 15.8. The van der Waals surface area contributed by atoms with E-state index < -0.39 is 16.7 Å². The van der Waals surface area contributed by atoms with Crippen LogP contribution < -0.4 is 5.32 Å². The molecule has 0 fully saturated rings. The normalized spacial score (nSPS) is 11.7. The molecule has 2 aromatic rings. The second-order valence-electron chi connectivity index (χ2n) is 5.50. The molecule has 0 saturated heterocycles. The van der Waals surface area contributed by atoms with E-state index in [2.05, 4.69) is 10.3 Å². The Hall–Kier alpha value is -2.52. The summed E-state index contributed by atoms with van der Waals surface area (Å²) in [6.45, 7) is 3.50. The van der Waals surface area contributed by atoms with Crippen molar-refractivity contribution in [3.05, 3.63) is 50.5 Å². The summed E-state index contributed by atoms with van der Waals surface area (Å²) in [6, 6.07) is 3.60. The van der Waals surface area contributed by atoms with Gasteiger partial charge < -0.3 is 10.2 Å². The summed E-state index contributed by atoms with van der Waals surface area (Å²) in [7, 11) is 0. The largest absolute Gasteiger partial charge is 0.327 e. The van der Waals surface area contributed by atoms with Gasteiger partial charge in [-0.15, -0.1) is 11.3 Å². The van der Waals surface area contributed by atoms with E-state index in [1.807, 2.05) is 6.92 Å². The van der Waals surface area contributed by atoms with Crippen molar-refractivity contribution in [2.24, 2.45) is 0 Å². The minimum Gasteiger partial charge on any atom is -0.327 e. The maximum Gasteiger partial charge on any atom is 0.288 e. The van der Waals surface area contributed by atoms with Crippen molar-refractivity contribution in [1.82, 2.24) is 9.88 Å². The van der Waals surface area contributed by atoms with E-state index in [-0.39, 0.29) is 28.9 Å². The van der Waals surface area contributed by atoms with E-state index >= 15 is 0 Å². The van der Waals surface area contributed by atoms with Crippen LogP contribution in [0.2, 0.25) is 5.02 Å². The third-order valence-electron chi connectivity index (χ3n) is 3.77. The van der Waals surface area contributed by atoms with Gasteiger partial charge in [-0.2, -0.15) is 0 Å². The highest BCUT2D eigenvalue weighted by atomic mass is 35.5. The summed E-state index contributed by atoms with van der Waals surface area (Å²) in [5.74, 6) is -0.870. The number of nitrogens with zero attached hydrogens (tertiary/aromatic N) is 3. The summed E-state index contributed by atoms with van der Waals surface area (Å²) >= 11 is 7.06. The van der Waals surface area contributed by atoms with E-state index in [9.17, 15) is 19.7 Å². The first-order valence-corrected chi connectivity index (χ1v) is 9.03. The first-order chi connectivity index (χ1) is 12.3. The highest BCUT2D eigenvalue weighted by Crippen LogP contribution is 2.26. The van der Waals surface area contributed by atoms with Gasteiger partial charge in [0.25, 0.3) is 11.6 Å². The smallest absolute Gasteiger partial charge is 0.288 e. The molecule has 0 aliphatic heterocycles. The average molecular weight is 397 g/mol. The predicted molar refractivity (Wildman–Crippen MR) is 99.6 cm³/mol. The monoisotopic (exact) mass is 396 g/mol. The summed E-state index contributed by atoms with van der Waals surface area (Å²) in [4.78, 5) is 40.8. The minimum atomic E-state index is -0.651. The standard InChI is InChI=1S/C16H17ClN4O4S/c1-3-10(2)20(9-14(22)19-16-18-6-7-26-16)15(23)11-4-5-12(17)13(8-11)21(24)25/h4-8,10H,3,9H2,1-2H3,(H,18,19,22). The van der Waals surface area contributed by atoms with E-state index in [1.165, 1.54) is 28.4 Å². The first kappa shape index (κ1) is 19.8. The van der Waals surface area contributed by atoms with E-state index in [4.69, 9.17) is 11.6 Å². The van der Waals surface area contributed by atoms with Gasteiger partial charge in [0.2, 0.25) is 5.91 Å². The highest BCUT2D eigenvalue weighted by Gasteiger charge is 2.25. The number of nitro groups is 1. The quantitative estimate of drug-likeness (QED) is 0.568. The SMILES string of the molecule is CCC(C)N(CC(=O)Nc1nccs1)C(=O)c1ccc(Cl)c([N+](=O)[O-])c1. The number of hydrogen-bond donors (Lipinski definition) is 1. The molecule has 1 unspecified atom stereocenters. The van der Waals surface area contributed by atoms with E-state index in [0.717, 1.165) is 6.07 Å². The lowest BCUT2D eigenvalue weighted by Gasteiger charge is -2.28. The molecule has 138 valence electrons. The van der Waals surface area contributed by atoms with Crippen molar-refractivity contribution in [3.63, 3.8) is 0 Å². The molecule has 2 rings (SSSR count). The molecule has 0 aliphatic rings. The lowest BCUT2D eigenvalue weighted by molar-refractivity contribution is -0.384. The lowest BCUT2D eigenvalue weighted by atomic mass is 10.1. The van der Waals surface area contributed by atoms with Gasteiger partial charge >= 0.3 is 0 Å². The molecule has 0 spiro atoms. The van der Waals surface area contributed by atoms with Gasteiger partial charge in [0, 0.05) is 29.2 Å². The van der Waals surface area contributed by atoms with Crippen molar-refractivity contribution < 1.29 is 14.5 Å². The van der Waals surface area contributed by atoms with Crippen LogP contribution in [-0.2, 0) is 4.79 Å². The number of hydrogen-bond acceptors (Lipinski definition) is 6. The van der Waals surface area contributed by atoms with Gasteiger partial charge in [0.15, 0.2) is 5.13 Å². The van der Waals surface area contributed by atoms with Crippen molar-refractivity contribution in [2.75, 3.05) is 11.9 Å². The third kappa shape index (κ3) is 4.77. The number of benzene rings is 1. The molecule has 0 aliphatic carbocycles. The van der Waals surface area contributed by atoms with Gasteiger partial charge in [-0.05, 0) is 25.5 Å². The van der Waals surface area contributed by atoms with Gasteiger partial charge in [-0.3, -0.25) is 19.7 Å². The zero-order valence-corrected chi connectivity index (χ0v) is 15.7. The topological polar surface area (TPSA) is 105 Å². The van der Waals surface area contributed by atoms with Crippen molar-refractivity contribution in [2.45, 2.75) is 26.3 Å². The molecular weight excluding hydrogens is 380 g/mol. The van der Waals surface area contributed by atoms with Crippen LogP contribution in [0.25, 0.3) is 0 Å². The molecule has 1 N–H and O–H groups in total. The van der Waals surface area contributed by atoms with Gasteiger partial charge in [0.1, 0.15) is 11.6 Å². The van der Waals surface area contributed by atoms with Crippen LogP contribution in [0.5, 0.6) is 0 Å². The van der Waals surface area contributed by atoms with Crippen LogP contribution in [0.1, 0.15) is 30.6 Å². The molecule has 8 nitrogen and oxygen atoms in total. The summed E-state index contributed by atoms with van der Waals surface area (Å²) in [5.41, 5.74) is -0.252. The zero-order valence-electron chi connectivity index (χ0n) is 14.1. The lowest BCUT2D eigenvalue weighted by Crippen LogP contribution is -2.43. The molecule has 2 amide bonds. The highest BCUT2D eigenvalue weighted by molar-refractivity contribution is 7.13. The molecule has 26 heavy (non-hydrogen) atoms. The Morgan fingerprint density at radius 1 is 1.46 bits per heavy atom. The number of amides is 2. The van der Waals surface area contributed by atoms with E-state index in [1.54, 1.807) is 18.5 Å². The van der Waals surface area contributed by atoms with Crippen LogP contribution in [-0.4, -0.2) is 39.2 Å². The number of nitro benzene ring substituents is 1. The Bertz CT molecular complexity index is 813. The van der Waals surface area contributed by atoms with Crippen LogP contribution in [0.3, 0.4) is 0 Å². The van der Waals surface area contributed by atoms with Crippen molar-refractivity contribution in [3.8, 4) is 0 Å². The fourth-order valence-corrected chi connectivity index (χ4v) is 2.93.